The summed E-state index contributed by atoms with van der Waals surface area (Å²) >= 11 is 6.43. The van der Waals surface area contributed by atoms with Gasteiger partial charge in [0.25, 0.3) is 5.91 Å². The lowest BCUT2D eigenvalue weighted by atomic mass is 9.96. The largest absolute Gasteiger partial charge is 0.489 e. The molecule has 0 spiro atoms. The van der Waals surface area contributed by atoms with Gasteiger partial charge in [-0.2, -0.15) is 0 Å². The first-order chi connectivity index (χ1) is 18.8. The first-order valence-corrected chi connectivity index (χ1v) is 13.7. The Hall–Kier alpha value is -3.26. The molecular weight excluding hydrogens is 519 g/mol. The van der Waals surface area contributed by atoms with Gasteiger partial charge in [0.05, 0.1) is 17.2 Å². The van der Waals surface area contributed by atoms with Gasteiger partial charge >= 0.3 is 0 Å². The second kappa shape index (κ2) is 11.9. The lowest BCUT2D eigenvalue weighted by Crippen LogP contribution is -2.48. The summed E-state index contributed by atoms with van der Waals surface area (Å²) in [6.07, 6.45) is 3.24. The average molecular weight is 551 g/mol. The molecule has 1 amide bonds. The second-order valence-electron chi connectivity index (χ2n) is 10.4. The normalized spacial score (nSPS) is 17.0. The van der Waals surface area contributed by atoms with E-state index in [4.69, 9.17) is 16.3 Å². The van der Waals surface area contributed by atoms with Gasteiger partial charge < -0.3 is 20.1 Å². The number of Topliss-reactive ketones (excluding diaryl/α,β-unsaturated/α-hetero) is 1. The van der Waals surface area contributed by atoms with Gasteiger partial charge in [0.15, 0.2) is 0 Å². The molecule has 2 N–H and O–H groups in total. The van der Waals surface area contributed by atoms with Gasteiger partial charge in [-0.25, -0.2) is 4.39 Å². The highest BCUT2D eigenvalue weighted by Gasteiger charge is 2.30. The fraction of sp³-hybridized carbons (Fsp3) is 0.355. The monoisotopic (exact) mass is 550 g/mol. The van der Waals surface area contributed by atoms with Gasteiger partial charge in [-0.1, -0.05) is 41.9 Å². The summed E-state index contributed by atoms with van der Waals surface area (Å²) in [4.78, 5) is 28.4. The lowest BCUT2D eigenvalue weighted by molar-refractivity contribution is -0.118. The standard InChI is InChI=1S/C31H32ClFN2O4/c1-19-16-21(6-12-25(19)20-4-8-23(33)9-5-20)30(37)31(38)34-27(18-35-14-2-3-15-35)29(36)22-7-13-28(26(32)17-22)39-24-10-11-24/h4-9,12-13,16-17,24,27,29,36H,2-3,10-11,14-15,18H2,1H3,(H,34,38). The Labute approximate surface area is 232 Å². The first-order valence-electron chi connectivity index (χ1n) is 13.4. The Balaban J connectivity index is 1.32. The molecule has 1 aliphatic heterocycles. The number of halogens is 2. The highest BCUT2D eigenvalue weighted by atomic mass is 35.5. The van der Waals surface area contributed by atoms with Crippen LogP contribution in [0.15, 0.2) is 60.7 Å². The van der Waals surface area contributed by atoms with Crippen LogP contribution in [0.3, 0.4) is 0 Å². The maximum absolute atomic E-state index is 13.3. The first kappa shape index (κ1) is 27.3. The highest BCUT2D eigenvalue weighted by molar-refractivity contribution is 6.43. The van der Waals surface area contributed by atoms with Crippen LogP contribution < -0.4 is 10.1 Å². The molecule has 3 aromatic rings. The molecule has 1 saturated heterocycles. The van der Waals surface area contributed by atoms with Crippen LogP contribution in [0.2, 0.25) is 5.02 Å². The summed E-state index contributed by atoms with van der Waals surface area (Å²) in [5.74, 6) is -1.22. The summed E-state index contributed by atoms with van der Waals surface area (Å²) in [6.45, 7) is 3.98. The van der Waals surface area contributed by atoms with Crippen LogP contribution in [-0.4, -0.2) is 53.5 Å². The van der Waals surface area contributed by atoms with E-state index in [9.17, 15) is 19.1 Å². The van der Waals surface area contributed by atoms with Crippen LogP contribution >= 0.6 is 11.6 Å². The van der Waals surface area contributed by atoms with E-state index < -0.39 is 23.8 Å². The number of nitrogens with one attached hydrogen (secondary N) is 1. The van der Waals surface area contributed by atoms with Gasteiger partial charge in [0.2, 0.25) is 5.78 Å². The molecular formula is C31H32ClFN2O4. The number of benzene rings is 3. The van der Waals surface area contributed by atoms with Gasteiger partial charge in [0.1, 0.15) is 17.7 Å². The molecule has 0 aromatic heterocycles. The van der Waals surface area contributed by atoms with E-state index in [0.29, 0.717) is 22.9 Å². The minimum absolute atomic E-state index is 0.194. The fourth-order valence-electron chi connectivity index (χ4n) is 4.99. The van der Waals surface area contributed by atoms with Crippen LogP contribution in [0.4, 0.5) is 4.39 Å². The number of carbonyl (C=O) groups is 2. The van der Waals surface area contributed by atoms with Crippen LogP contribution in [0.5, 0.6) is 5.75 Å². The minimum atomic E-state index is -1.07. The minimum Gasteiger partial charge on any atom is -0.489 e. The molecule has 6 nitrogen and oxygen atoms in total. The Morgan fingerprint density at radius 2 is 1.79 bits per heavy atom. The summed E-state index contributed by atoms with van der Waals surface area (Å²) in [5, 5.41) is 14.5. The molecule has 5 rings (SSSR count). The quantitative estimate of drug-likeness (QED) is 0.258. The number of likely N-dealkylation sites (tertiary alicyclic amines) is 1. The van der Waals surface area contributed by atoms with E-state index in [0.717, 1.165) is 55.5 Å². The van der Waals surface area contributed by atoms with E-state index >= 15 is 0 Å². The molecule has 204 valence electrons. The number of ether oxygens (including phenoxy) is 1. The van der Waals surface area contributed by atoms with Gasteiger partial charge in [-0.15, -0.1) is 0 Å². The predicted molar refractivity (Wildman–Crippen MR) is 149 cm³/mol. The highest BCUT2D eigenvalue weighted by Crippen LogP contribution is 2.34. The molecule has 1 heterocycles. The Kier molecular flexibility index (Phi) is 8.31. The van der Waals surface area contributed by atoms with Crippen LogP contribution in [0.1, 0.15) is 53.3 Å². The van der Waals surface area contributed by atoms with E-state index in [1.807, 2.05) is 6.92 Å². The van der Waals surface area contributed by atoms with Gasteiger partial charge in [-0.05, 0) is 98.3 Å². The number of hydrogen-bond donors (Lipinski definition) is 2. The SMILES string of the molecule is Cc1cc(C(=O)C(=O)NC(CN2CCCC2)C(O)c2ccc(OC3CC3)c(Cl)c2)ccc1-c1ccc(F)cc1. The maximum atomic E-state index is 13.3. The number of hydrogen-bond acceptors (Lipinski definition) is 5. The molecule has 0 radical (unpaired) electrons. The molecule has 1 aliphatic carbocycles. The zero-order chi connectivity index (χ0) is 27.5. The topological polar surface area (TPSA) is 78.9 Å². The zero-order valence-corrected chi connectivity index (χ0v) is 22.6. The summed E-state index contributed by atoms with van der Waals surface area (Å²) < 4.78 is 19.1. The van der Waals surface area contributed by atoms with Crippen molar-refractivity contribution in [2.75, 3.05) is 19.6 Å². The third-order valence-corrected chi connectivity index (χ3v) is 7.61. The molecule has 39 heavy (non-hydrogen) atoms. The van der Waals surface area contributed by atoms with Gasteiger partial charge in [-0.3, -0.25) is 9.59 Å². The van der Waals surface area contributed by atoms with E-state index in [-0.39, 0.29) is 17.5 Å². The molecule has 2 fully saturated rings. The fourth-order valence-corrected chi connectivity index (χ4v) is 5.22. The number of amides is 1. The van der Waals surface area contributed by atoms with Crippen molar-refractivity contribution in [2.24, 2.45) is 0 Å². The van der Waals surface area contributed by atoms with E-state index in [1.165, 1.54) is 12.1 Å². The second-order valence-corrected chi connectivity index (χ2v) is 10.8. The van der Waals surface area contributed by atoms with Crippen LogP contribution in [-0.2, 0) is 4.79 Å². The maximum Gasteiger partial charge on any atom is 0.292 e. The number of rotatable bonds is 10. The summed E-state index contributed by atoms with van der Waals surface area (Å²) in [6, 6.07) is 15.6. The molecule has 2 atom stereocenters. The van der Waals surface area contributed by atoms with Gasteiger partial charge in [0, 0.05) is 12.1 Å². The van der Waals surface area contributed by atoms with Crippen molar-refractivity contribution in [1.29, 1.82) is 0 Å². The van der Waals surface area contributed by atoms with Crippen molar-refractivity contribution in [3.05, 3.63) is 88.2 Å². The summed E-state index contributed by atoms with van der Waals surface area (Å²) in [5.41, 5.74) is 3.24. The number of aliphatic hydroxyl groups is 1. The average Bonchev–Trinajstić information content (AvgIpc) is 3.60. The van der Waals surface area contributed by atoms with Crippen molar-refractivity contribution >= 4 is 23.3 Å². The molecule has 2 unspecified atom stereocenters. The predicted octanol–water partition coefficient (Wildman–Crippen LogP) is 5.49. The number of ketones is 1. The zero-order valence-electron chi connectivity index (χ0n) is 21.8. The summed E-state index contributed by atoms with van der Waals surface area (Å²) in [7, 11) is 0. The number of carbonyl (C=O) groups excluding carboxylic acids is 2. The molecule has 3 aromatic carbocycles. The molecule has 1 saturated carbocycles. The van der Waals surface area contributed by atoms with Crippen molar-refractivity contribution in [1.82, 2.24) is 10.2 Å². The molecule has 2 aliphatic rings. The van der Waals surface area contributed by atoms with Crippen LogP contribution in [0.25, 0.3) is 11.1 Å². The Morgan fingerprint density at radius 1 is 1.08 bits per heavy atom. The third-order valence-electron chi connectivity index (χ3n) is 7.32. The lowest BCUT2D eigenvalue weighted by Gasteiger charge is -2.28. The number of aliphatic hydroxyl groups excluding tert-OH is 1. The molecule has 0 bridgehead atoms. The van der Waals surface area contributed by atoms with E-state index in [1.54, 1.807) is 48.5 Å². The third kappa shape index (κ3) is 6.67. The Morgan fingerprint density at radius 3 is 2.44 bits per heavy atom. The van der Waals surface area contributed by atoms with Crippen LogP contribution in [0, 0.1) is 12.7 Å². The van der Waals surface area contributed by atoms with Crippen molar-refractivity contribution < 1.29 is 23.8 Å². The van der Waals surface area contributed by atoms with E-state index in [2.05, 4.69) is 10.2 Å². The van der Waals surface area contributed by atoms with Crippen molar-refractivity contribution in [3.63, 3.8) is 0 Å². The van der Waals surface area contributed by atoms with Crippen molar-refractivity contribution in [2.45, 2.75) is 50.9 Å². The molecule has 8 heteroatoms. The van der Waals surface area contributed by atoms with Crippen molar-refractivity contribution in [3.8, 4) is 16.9 Å². The smallest absolute Gasteiger partial charge is 0.292 e. The Bertz CT molecular complexity index is 1350. The number of nitrogens with zero attached hydrogens (tertiary/aromatic N) is 1. The number of aryl methyl sites for hydroxylation is 1.